The van der Waals surface area contributed by atoms with Gasteiger partial charge in [0.1, 0.15) is 6.33 Å². The zero-order valence-corrected chi connectivity index (χ0v) is 16.3. The van der Waals surface area contributed by atoms with Crippen LogP contribution in [0.1, 0.15) is 5.56 Å². The van der Waals surface area contributed by atoms with E-state index in [1.807, 2.05) is 23.6 Å². The maximum atomic E-state index is 11.2. The molecule has 0 bridgehead atoms. The van der Waals surface area contributed by atoms with Crippen LogP contribution < -0.4 is 26.0 Å². The molecule has 1 aliphatic heterocycles. The summed E-state index contributed by atoms with van der Waals surface area (Å²) in [6.45, 7) is 3.12. The number of anilines is 1. The first-order chi connectivity index (χ1) is 14.1. The lowest BCUT2D eigenvalue weighted by molar-refractivity contribution is -0.128. The van der Waals surface area contributed by atoms with Crippen LogP contribution in [0.5, 0.6) is 11.5 Å². The smallest absolute Gasteiger partial charge is 0.257 e. The van der Waals surface area contributed by atoms with Gasteiger partial charge in [-0.15, -0.1) is 0 Å². The number of rotatable bonds is 7. The fourth-order valence-electron chi connectivity index (χ4n) is 2.88. The van der Waals surface area contributed by atoms with E-state index in [9.17, 15) is 4.79 Å². The Morgan fingerprint density at radius 2 is 2.14 bits per heavy atom. The molecule has 11 nitrogen and oxygen atoms in total. The summed E-state index contributed by atoms with van der Waals surface area (Å²) in [5, 5.41) is 12.2. The Morgan fingerprint density at radius 1 is 1.34 bits per heavy atom. The Kier molecular flexibility index (Phi) is 5.38. The largest absolute Gasteiger partial charge is 0.454 e. The summed E-state index contributed by atoms with van der Waals surface area (Å²) < 4.78 is 12.8. The van der Waals surface area contributed by atoms with Crippen molar-refractivity contribution < 1.29 is 19.5 Å². The van der Waals surface area contributed by atoms with E-state index in [1.54, 1.807) is 5.48 Å². The Hall–Kier alpha value is -3.09. The molecule has 0 unspecified atom stereocenters. The van der Waals surface area contributed by atoms with Crippen molar-refractivity contribution in [2.45, 2.75) is 23.5 Å². The number of hydroxylamine groups is 1. The zero-order chi connectivity index (χ0) is 20.4. The second-order valence-corrected chi connectivity index (χ2v) is 7.27. The van der Waals surface area contributed by atoms with Crippen LogP contribution in [-0.2, 0) is 11.3 Å². The number of fused-ring (bicyclic) bond motifs is 2. The number of nitrogens with one attached hydrogen (secondary N) is 2. The standard InChI is InChI=1S/C17H19N7O4S/c1-9-4-10-11(28-8-27-10)5-12(9)29-17-22-14-15(18)20-7-21-16(14)24(17)3-2-19-6-13(25)23-26/h4-5,7,19,26H,2-3,6,8H2,1H3,(H,23,25)(H2,18,20,21). The third kappa shape index (κ3) is 3.90. The van der Waals surface area contributed by atoms with Crippen molar-refractivity contribution in [1.82, 2.24) is 30.3 Å². The summed E-state index contributed by atoms with van der Waals surface area (Å²) in [6.07, 6.45) is 1.39. The topological polar surface area (TPSA) is 149 Å². The maximum absolute atomic E-state index is 11.2. The Labute approximate surface area is 169 Å². The molecule has 0 spiro atoms. The Morgan fingerprint density at radius 3 is 2.93 bits per heavy atom. The van der Waals surface area contributed by atoms with Gasteiger partial charge in [0.2, 0.25) is 6.79 Å². The first-order valence-electron chi connectivity index (χ1n) is 8.75. The van der Waals surface area contributed by atoms with E-state index in [4.69, 9.17) is 20.4 Å². The van der Waals surface area contributed by atoms with Gasteiger partial charge in [-0.3, -0.25) is 10.0 Å². The number of hydrogen-bond donors (Lipinski definition) is 4. The lowest BCUT2D eigenvalue weighted by atomic mass is 10.2. The molecule has 1 aromatic carbocycles. The van der Waals surface area contributed by atoms with Gasteiger partial charge in [0, 0.05) is 18.0 Å². The van der Waals surface area contributed by atoms with Crippen LogP contribution >= 0.6 is 11.8 Å². The zero-order valence-electron chi connectivity index (χ0n) is 15.5. The number of benzene rings is 1. The fourth-order valence-corrected chi connectivity index (χ4v) is 3.89. The molecular weight excluding hydrogens is 398 g/mol. The van der Waals surface area contributed by atoms with E-state index in [2.05, 4.69) is 20.3 Å². The van der Waals surface area contributed by atoms with Crippen molar-refractivity contribution in [2.24, 2.45) is 0 Å². The van der Waals surface area contributed by atoms with Gasteiger partial charge in [-0.25, -0.2) is 20.4 Å². The molecule has 0 saturated heterocycles. The molecule has 3 aromatic rings. The van der Waals surface area contributed by atoms with Crippen molar-refractivity contribution >= 4 is 34.7 Å². The number of hydrogen-bond acceptors (Lipinski definition) is 10. The summed E-state index contributed by atoms with van der Waals surface area (Å²) >= 11 is 1.46. The molecule has 29 heavy (non-hydrogen) atoms. The number of aromatic nitrogens is 4. The van der Waals surface area contributed by atoms with Gasteiger partial charge >= 0.3 is 0 Å². The SMILES string of the molecule is Cc1cc2c(cc1Sc1nc3c(N)ncnc3n1CCNCC(=O)NO)OCO2. The second-order valence-electron chi connectivity index (χ2n) is 6.26. The molecule has 1 aliphatic rings. The number of imidazole rings is 1. The minimum atomic E-state index is -0.516. The summed E-state index contributed by atoms with van der Waals surface area (Å²) in [5.41, 5.74) is 9.70. The van der Waals surface area contributed by atoms with Gasteiger partial charge in [-0.05, 0) is 24.6 Å². The van der Waals surface area contributed by atoms with Crippen molar-refractivity contribution in [1.29, 1.82) is 0 Å². The average molecular weight is 417 g/mol. The molecule has 3 heterocycles. The Balaban J connectivity index is 1.63. The minimum Gasteiger partial charge on any atom is -0.454 e. The van der Waals surface area contributed by atoms with E-state index in [0.29, 0.717) is 41.0 Å². The molecule has 0 radical (unpaired) electrons. The van der Waals surface area contributed by atoms with E-state index in [0.717, 1.165) is 16.2 Å². The molecule has 152 valence electrons. The average Bonchev–Trinajstić information content (AvgIpc) is 3.30. The normalized spacial score (nSPS) is 12.5. The predicted octanol–water partition coefficient (Wildman–Crippen LogP) is 0.692. The third-order valence-corrected chi connectivity index (χ3v) is 5.47. The molecule has 0 saturated carbocycles. The minimum absolute atomic E-state index is 0.00992. The van der Waals surface area contributed by atoms with Crippen LogP contribution in [0.3, 0.4) is 0 Å². The van der Waals surface area contributed by atoms with Crippen LogP contribution in [-0.4, -0.2) is 50.5 Å². The number of ether oxygens (including phenoxy) is 2. The number of nitrogens with zero attached hydrogens (tertiary/aromatic N) is 4. The van der Waals surface area contributed by atoms with Crippen LogP contribution in [0.4, 0.5) is 5.82 Å². The number of amides is 1. The van der Waals surface area contributed by atoms with Gasteiger partial charge < -0.3 is 25.1 Å². The number of nitrogen functional groups attached to an aromatic ring is 1. The van der Waals surface area contributed by atoms with E-state index in [-0.39, 0.29) is 13.3 Å². The van der Waals surface area contributed by atoms with Gasteiger partial charge in [-0.1, -0.05) is 11.8 Å². The third-order valence-electron chi connectivity index (χ3n) is 4.32. The fraction of sp³-hybridized carbons (Fsp3) is 0.294. The molecule has 0 atom stereocenters. The number of carbonyl (C=O) groups is 1. The van der Waals surface area contributed by atoms with Crippen molar-refractivity contribution in [2.75, 3.05) is 25.6 Å². The van der Waals surface area contributed by atoms with Crippen molar-refractivity contribution in [3.8, 4) is 11.5 Å². The second kappa shape index (κ2) is 8.11. The van der Waals surface area contributed by atoms with Crippen LogP contribution in [0.2, 0.25) is 0 Å². The van der Waals surface area contributed by atoms with Gasteiger partial charge in [0.05, 0.1) is 6.54 Å². The Bertz CT molecular complexity index is 1070. The lowest BCUT2D eigenvalue weighted by Crippen LogP contribution is -2.33. The van der Waals surface area contributed by atoms with E-state index in [1.165, 1.54) is 18.1 Å². The molecule has 0 aliphatic carbocycles. The quantitative estimate of drug-likeness (QED) is 0.246. The summed E-state index contributed by atoms with van der Waals surface area (Å²) in [5.74, 6) is 1.20. The summed E-state index contributed by atoms with van der Waals surface area (Å²) in [4.78, 5) is 25.1. The van der Waals surface area contributed by atoms with Gasteiger partial charge in [0.15, 0.2) is 33.6 Å². The predicted molar refractivity (Wildman–Crippen MR) is 104 cm³/mol. The summed E-state index contributed by atoms with van der Waals surface area (Å²) in [6, 6.07) is 3.85. The van der Waals surface area contributed by atoms with Crippen molar-refractivity contribution in [3.63, 3.8) is 0 Å². The number of nitrogens with two attached hydrogens (primary N) is 1. The lowest BCUT2D eigenvalue weighted by Gasteiger charge is -2.11. The van der Waals surface area contributed by atoms with E-state index >= 15 is 0 Å². The van der Waals surface area contributed by atoms with Gasteiger partial charge in [-0.2, -0.15) is 0 Å². The van der Waals surface area contributed by atoms with Crippen molar-refractivity contribution in [3.05, 3.63) is 24.0 Å². The molecule has 0 fully saturated rings. The molecule has 12 heteroatoms. The van der Waals surface area contributed by atoms with E-state index < -0.39 is 5.91 Å². The number of carbonyl (C=O) groups excluding carboxylic acids is 1. The number of aryl methyl sites for hydroxylation is 1. The molecule has 5 N–H and O–H groups in total. The highest BCUT2D eigenvalue weighted by atomic mass is 32.2. The van der Waals surface area contributed by atoms with Gasteiger partial charge in [0.25, 0.3) is 5.91 Å². The van der Waals surface area contributed by atoms with Crippen LogP contribution in [0.25, 0.3) is 11.2 Å². The first-order valence-corrected chi connectivity index (χ1v) is 9.57. The molecular formula is C17H19N7O4S. The van der Waals surface area contributed by atoms with Crippen LogP contribution in [0.15, 0.2) is 28.5 Å². The highest BCUT2D eigenvalue weighted by molar-refractivity contribution is 7.99. The highest BCUT2D eigenvalue weighted by Gasteiger charge is 2.20. The first kappa shape index (κ1) is 19.2. The summed E-state index contributed by atoms with van der Waals surface area (Å²) in [7, 11) is 0. The molecule has 4 rings (SSSR count). The van der Waals surface area contributed by atoms with Crippen LogP contribution in [0, 0.1) is 6.92 Å². The maximum Gasteiger partial charge on any atom is 0.257 e. The molecule has 1 amide bonds. The monoisotopic (exact) mass is 417 g/mol. The molecule has 2 aromatic heterocycles. The highest BCUT2D eigenvalue weighted by Crippen LogP contribution is 2.40.